The number of hydrogen-bond acceptors (Lipinski definition) is 9. The van der Waals surface area contributed by atoms with Crippen molar-refractivity contribution in [2.75, 3.05) is 74.6 Å². The van der Waals surface area contributed by atoms with Crippen molar-refractivity contribution in [2.24, 2.45) is 0 Å². The Balaban J connectivity index is 1.72. The zero-order valence-corrected chi connectivity index (χ0v) is 17.4. The van der Waals surface area contributed by atoms with Crippen molar-refractivity contribution in [1.29, 1.82) is 0 Å². The minimum absolute atomic E-state index is 0.147. The summed E-state index contributed by atoms with van der Waals surface area (Å²) in [7, 11) is 4.76. The predicted molar refractivity (Wildman–Crippen MR) is 103 cm³/mol. The highest BCUT2D eigenvalue weighted by atomic mass is 16.7. The van der Waals surface area contributed by atoms with Crippen LogP contribution in [0, 0.1) is 0 Å². The quantitative estimate of drug-likeness (QED) is 0.261. The molecular weight excluding hydrogens is 384 g/mol. The maximum atomic E-state index is 5.78. The van der Waals surface area contributed by atoms with Crippen LogP contribution in [0.1, 0.15) is 0 Å². The molecule has 1 aromatic carbocycles. The average molecular weight is 416 g/mol. The first-order valence-corrected chi connectivity index (χ1v) is 9.50. The fourth-order valence-electron chi connectivity index (χ4n) is 2.30. The normalized spacial score (nSPS) is 17.7. The van der Waals surface area contributed by atoms with Gasteiger partial charge in [0.15, 0.2) is 0 Å². The first kappa shape index (κ1) is 23.8. The van der Waals surface area contributed by atoms with E-state index in [9.17, 15) is 0 Å². The van der Waals surface area contributed by atoms with Crippen LogP contribution in [0.5, 0.6) is 11.5 Å². The molecule has 0 N–H and O–H groups in total. The maximum absolute atomic E-state index is 5.78. The molecule has 166 valence electrons. The monoisotopic (exact) mass is 416 g/mol. The van der Waals surface area contributed by atoms with Crippen molar-refractivity contribution in [2.45, 2.75) is 18.3 Å². The second-order valence-electron chi connectivity index (χ2n) is 6.41. The van der Waals surface area contributed by atoms with Gasteiger partial charge in [0.05, 0.1) is 40.1 Å². The van der Waals surface area contributed by atoms with Gasteiger partial charge in [0.1, 0.15) is 50.0 Å². The average Bonchev–Trinajstić information content (AvgIpc) is 3.57. The number of hydrogen-bond donors (Lipinski definition) is 0. The van der Waals surface area contributed by atoms with Crippen LogP contribution in [-0.4, -0.2) is 92.9 Å². The van der Waals surface area contributed by atoms with E-state index in [1.54, 1.807) is 21.3 Å². The van der Waals surface area contributed by atoms with Crippen molar-refractivity contribution >= 4 is 0 Å². The molecule has 1 aliphatic heterocycles. The molecular formula is C20H32O9. The van der Waals surface area contributed by atoms with Crippen LogP contribution in [0.2, 0.25) is 0 Å². The Hall–Kier alpha value is -1.46. The minimum atomic E-state index is -0.305. The lowest BCUT2D eigenvalue weighted by molar-refractivity contribution is -0.141. The molecule has 3 unspecified atom stereocenters. The topological polar surface area (TPSA) is 86.4 Å². The molecule has 2 rings (SSSR count). The zero-order valence-electron chi connectivity index (χ0n) is 17.4. The summed E-state index contributed by atoms with van der Waals surface area (Å²) < 4.78 is 48.6. The molecule has 9 nitrogen and oxygen atoms in total. The van der Waals surface area contributed by atoms with Gasteiger partial charge in [0.25, 0.3) is 0 Å². The third kappa shape index (κ3) is 10.8. The van der Waals surface area contributed by atoms with E-state index in [0.717, 1.165) is 12.4 Å². The van der Waals surface area contributed by atoms with Gasteiger partial charge in [0, 0.05) is 14.2 Å². The Morgan fingerprint density at radius 3 is 1.93 bits per heavy atom. The van der Waals surface area contributed by atoms with E-state index < -0.39 is 0 Å². The molecule has 0 spiro atoms. The maximum Gasteiger partial charge on any atom is 0.147 e. The van der Waals surface area contributed by atoms with Crippen LogP contribution in [0.25, 0.3) is 0 Å². The van der Waals surface area contributed by atoms with Crippen molar-refractivity contribution in [3.63, 3.8) is 0 Å². The summed E-state index contributed by atoms with van der Waals surface area (Å²) in [6, 6.07) is 7.34. The summed E-state index contributed by atoms with van der Waals surface area (Å²) in [6.45, 7) is 3.00. The molecule has 0 aliphatic carbocycles. The first-order chi connectivity index (χ1) is 14.2. The molecule has 9 heteroatoms. The SMILES string of the molecule is COCOC(COCC(COc1ccc(OC)cc1)OCOC)COCC1CO1. The Bertz CT molecular complexity index is 521. The Morgan fingerprint density at radius 2 is 1.38 bits per heavy atom. The number of benzene rings is 1. The lowest BCUT2D eigenvalue weighted by Crippen LogP contribution is -2.32. The number of methoxy groups -OCH3 is 3. The first-order valence-electron chi connectivity index (χ1n) is 9.50. The van der Waals surface area contributed by atoms with E-state index >= 15 is 0 Å². The van der Waals surface area contributed by atoms with Gasteiger partial charge in [-0.1, -0.05) is 0 Å². The standard InChI is InChI=1S/C20H32O9/c1-21-14-28-18(8-24-10-19-12-27-19)9-25-11-20(29-15-22-2)13-26-17-6-4-16(23-3)5-7-17/h4-7,18-20H,8-15H2,1-3H3. The lowest BCUT2D eigenvalue weighted by Gasteiger charge is -2.21. The fraction of sp³-hybridized carbons (Fsp3) is 0.700. The molecule has 0 radical (unpaired) electrons. The zero-order chi connectivity index (χ0) is 20.7. The second-order valence-corrected chi connectivity index (χ2v) is 6.41. The molecule has 1 saturated heterocycles. The second kappa shape index (κ2) is 14.5. The molecule has 1 aromatic rings. The summed E-state index contributed by atoms with van der Waals surface area (Å²) in [5.74, 6) is 1.49. The van der Waals surface area contributed by atoms with Gasteiger partial charge in [-0.25, -0.2) is 0 Å². The summed E-state index contributed by atoms with van der Waals surface area (Å²) in [5, 5.41) is 0. The van der Waals surface area contributed by atoms with E-state index in [1.165, 1.54) is 0 Å². The van der Waals surface area contributed by atoms with Gasteiger partial charge in [0.2, 0.25) is 0 Å². The highest BCUT2D eigenvalue weighted by Crippen LogP contribution is 2.17. The molecule has 0 amide bonds. The van der Waals surface area contributed by atoms with Crippen molar-refractivity contribution < 1.29 is 42.6 Å². The molecule has 1 aliphatic rings. The highest BCUT2D eigenvalue weighted by molar-refractivity contribution is 5.31. The van der Waals surface area contributed by atoms with Crippen molar-refractivity contribution in [3.05, 3.63) is 24.3 Å². The largest absolute Gasteiger partial charge is 0.497 e. The minimum Gasteiger partial charge on any atom is -0.497 e. The smallest absolute Gasteiger partial charge is 0.147 e. The van der Waals surface area contributed by atoms with E-state index in [2.05, 4.69) is 0 Å². The third-order valence-corrected chi connectivity index (χ3v) is 3.96. The van der Waals surface area contributed by atoms with Crippen molar-refractivity contribution in [1.82, 2.24) is 0 Å². The Kier molecular flexibility index (Phi) is 11.9. The van der Waals surface area contributed by atoms with Gasteiger partial charge < -0.3 is 42.6 Å². The molecule has 0 aromatic heterocycles. The summed E-state index contributed by atoms with van der Waals surface area (Å²) in [4.78, 5) is 0. The third-order valence-electron chi connectivity index (χ3n) is 3.96. The van der Waals surface area contributed by atoms with E-state index in [1.807, 2.05) is 24.3 Å². The van der Waals surface area contributed by atoms with Crippen LogP contribution >= 0.6 is 0 Å². The highest BCUT2D eigenvalue weighted by Gasteiger charge is 2.23. The molecule has 1 heterocycles. The van der Waals surface area contributed by atoms with Gasteiger partial charge >= 0.3 is 0 Å². The van der Waals surface area contributed by atoms with Gasteiger partial charge in [-0.15, -0.1) is 0 Å². The summed E-state index contributed by atoms with van der Waals surface area (Å²) in [5.41, 5.74) is 0. The molecule has 3 atom stereocenters. The van der Waals surface area contributed by atoms with Gasteiger partial charge in [-0.2, -0.15) is 0 Å². The van der Waals surface area contributed by atoms with Crippen LogP contribution in [0.4, 0.5) is 0 Å². The molecule has 29 heavy (non-hydrogen) atoms. The van der Waals surface area contributed by atoms with E-state index in [-0.39, 0.29) is 31.9 Å². The van der Waals surface area contributed by atoms with E-state index in [4.69, 9.17) is 42.6 Å². The van der Waals surface area contributed by atoms with Gasteiger partial charge in [-0.05, 0) is 24.3 Å². The summed E-state index contributed by atoms with van der Waals surface area (Å²) >= 11 is 0. The summed E-state index contributed by atoms with van der Waals surface area (Å²) in [6.07, 6.45) is -0.346. The lowest BCUT2D eigenvalue weighted by atomic mass is 10.3. The fourth-order valence-corrected chi connectivity index (χ4v) is 2.30. The number of ether oxygens (including phenoxy) is 9. The van der Waals surface area contributed by atoms with Gasteiger partial charge in [-0.3, -0.25) is 0 Å². The molecule has 0 saturated carbocycles. The van der Waals surface area contributed by atoms with Crippen molar-refractivity contribution in [3.8, 4) is 11.5 Å². The van der Waals surface area contributed by atoms with Crippen LogP contribution < -0.4 is 9.47 Å². The number of rotatable bonds is 18. The molecule has 0 bridgehead atoms. The van der Waals surface area contributed by atoms with Crippen LogP contribution in [0.15, 0.2) is 24.3 Å². The Labute approximate surface area is 172 Å². The van der Waals surface area contributed by atoms with E-state index in [0.29, 0.717) is 38.8 Å². The predicted octanol–water partition coefficient (Wildman–Crippen LogP) is 1.48. The van der Waals surface area contributed by atoms with Crippen LogP contribution in [-0.2, 0) is 33.2 Å². The van der Waals surface area contributed by atoms with Crippen LogP contribution in [0.3, 0.4) is 0 Å². The number of epoxide rings is 1. The molecule has 1 fully saturated rings. The Morgan fingerprint density at radius 1 is 0.828 bits per heavy atom.